The van der Waals surface area contributed by atoms with Crippen molar-refractivity contribution in [3.8, 4) is 0 Å². The standard InChI is InChI=1S/C12H22O/c1-5-11(2,3)10-8-6-7-9-12(10,4)13/h5,10,13H,1,6-9H2,2-4H3/t10-,12+/m1/s1. The van der Waals surface area contributed by atoms with Gasteiger partial charge in [0.05, 0.1) is 5.60 Å². The van der Waals surface area contributed by atoms with Crippen LogP contribution in [0.3, 0.4) is 0 Å². The van der Waals surface area contributed by atoms with E-state index in [1.807, 2.05) is 13.0 Å². The second-order valence-electron chi connectivity index (χ2n) is 5.18. The van der Waals surface area contributed by atoms with Crippen molar-refractivity contribution in [3.63, 3.8) is 0 Å². The molecule has 1 aliphatic carbocycles. The molecule has 1 fully saturated rings. The van der Waals surface area contributed by atoms with Crippen molar-refractivity contribution >= 4 is 0 Å². The van der Waals surface area contributed by atoms with E-state index in [1.165, 1.54) is 6.42 Å². The van der Waals surface area contributed by atoms with E-state index in [2.05, 4.69) is 20.4 Å². The molecule has 1 N–H and O–H groups in total. The molecular weight excluding hydrogens is 160 g/mol. The van der Waals surface area contributed by atoms with Crippen molar-refractivity contribution in [1.29, 1.82) is 0 Å². The first-order valence-corrected chi connectivity index (χ1v) is 5.26. The monoisotopic (exact) mass is 182 g/mol. The Morgan fingerprint density at radius 2 is 2.08 bits per heavy atom. The number of aliphatic hydroxyl groups is 1. The van der Waals surface area contributed by atoms with Crippen LogP contribution in [0.2, 0.25) is 0 Å². The van der Waals surface area contributed by atoms with Crippen LogP contribution < -0.4 is 0 Å². The molecule has 0 bridgehead atoms. The maximum Gasteiger partial charge on any atom is 0.0655 e. The van der Waals surface area contributed by atoms with Gasteiger partial charge in [-0.3, -0.25) is 0 Å². The van der Waals surface area contributed by atoms with Gasteiger partial charge in [-0.05, 0) is 31.1 Å². The maximum atomic E-state index is 10.3. The first-order valence-electron chi connectivity index (χ1n) is 5.26. The highest BCUT2D eigenvalue weighted by molar-refractivity contribution is 5.01. The lowest BCUT2D eigenvalue weighted by molar-refractivity contribution is -0.0674. The molecule has 0 unspecified atom stereocenters. The first-order chi connectivity index (χ1) is 5.90. The quantitative estimate of drug-likeness (QED) is 0.650. The lowest BCUT2D eigenvalue weighted by Gasteiger charge is -2.45. The van der Waals surface area contributed by atoms with Gasteiger partial charge in [0.2, 0.25) is 0 Å². The van der Waals surface area contributed by atoms with Crippen LogP contribution in [-0.2, 0) is 0 Å². The highest BCUT2D eigenvalue weighted by atomic mass is 16.3. The minimum Gasteiger partial charge on any atom is -0.390 e. The van der Waals surface area contributed by atoms with Gasteiger partial charge in [-0.15, -0.1) is 6.58 Å². The van der Waals surface area contributed by atoms with Gasteiger partial charge in [-0.2, -0.15) is 0 Å². The lowest BCUT2D eigenvalue weighted by Crippen LogP contribution is -2.44. The molecule has 0 saturated heterocycles. The Hall–Kier alpha value is -0.300. The molecule has 76 valence electrons. The fourth-order valence-corrected chi connectivity index (χ4v) is 2.63. The van der Waals surface area contributed by atoms with Crippen molar-refractivity contribution in [3.05, 3.63) is 12.7 Å². The topological polar surface area (TPSA) is 20.2 Å². The summed E-state index contributed by atoms with van der Waals surface area (Å²) in [5.41, 5.74) is -0.431. The Kier molecular flexibility index (Phi) is 2.86. The highest BCUT2D eigenvalue weighted by Gasteiger charge is 2.42. The van der Waals surface area contributed by atoms with Gasteiger partial charge >= 0.3 is 0 Å². The fraction of sp³-hybridized carbons (Fsp3) is 0.833. The van der Waals surface area contributed by atoms with Crippen molar-refractivity contribution < 1.29 is 5.11 Å². The van der Waals surface area contributed by atoms with Gasteiger partial charge in [0.1, 0.15) is 0 Å². The van der Waals surface area contributed by atoms with Crippen LogP contribution in [-0.4, -0.2) is 10.7 Å². The summed E-state index contributed by atoms with van der Waals surface area (Å²) in [7, 11) is 0. The number of hydrogen-bond donors (Lipinski definition) is 1. The fourth-order valence-electron chi connectivity index (χ4n) is 2.63. The van der Waals surface area contributed by atoms with Crippen LogP contribution in [0.5, 0.6) is 0 Å². The smallest absolute Gasteiger partial charge is 0.0655 e. The normalized spacial score (nSPS) is 35.8. The van der Waals surface area contributed by atoms with E-state index in [0.717, 1.165) is 19.3 Å². The minimum absolute atomic E-state index is 0.0594. The average molecular weight is 182 g/mol. The van der Waals surface area contributed by atoms with E-state index in [-0.39, 0.29) is 5.41 Å². The maximum absolute atomic E-state index is 10.3. The average Bonchev–Trinajstić information content (AvgIpc) is 2.03. The van der Waals surface area contributed by atoms with Crippen LogP contribution in [0.4, 0.5) is 0 Å². The van der Waals surface area contributed by atoms with Crippen molar-refractivity contribution in [2.45, 2.75) is 52.1 Å². The third kappa shape index (κ3) is 2.14. The van der Waals surface area contributed by atoms with E-state index in [4.69, 9.17) is 0 Å². The Labute approximate surface area is 81.9 Å². The zero-order valence-electron chi connectivity index (χ0n) is 9.14. The Balaban J connectivity index is 2.82. The van der Waals surface area contributed by atoms with Gasteiger partial charge in [-0.25, -0.2) is 0 Å². The summed E-state index contributed by atoms with van der Waals surface area (Å²) in [5.74, 6) is 0.367. The largest absolute Gasteiger partial charge is 0.390 e. The summed E-state index contributed by atoms with van der Waals surface area (Å²) in [6, 6.07) is 0. The predicted octanol–water partition coefficient (Wildman–Crippen LogP) is 3.14. The van der Waals surface area contributed by atoms with Crippen LogP contribution in [0, 0.1) is 11.3 Å². The molecule has 1 rings (SSSR count). The van der Waals surface area contributed by atoms with E-state index in [9.17, 15) is 5.11 Å². The van der Waals surface area contributed by atoms with Crippen molar-refractivity contribution in [2.24, 2.45) is 11.3 Å². The third-order valence-corrected chi connectivity index (χ3v) is 3.60. The molecule has 0 spiro atoms. The van der Waals surface area contributed by atoms with E-state index in [1.54, 1.807) is 0 Å². The number of rotatable bonds is 2. The van der Waals surface area contributed by atoms with Gasteiger partial charge in [0.15, 0.2) is 0 Å². The molecule has 0 heterocycles. The van der Waals surface area contributed by atoms with E-state index >= 15 is 0 Å². The minimum atomic E-state index is -0.490. The van der Waals surface area contributed by atoms with Crippen LogP contribution in [0.1, 0.15) is 46.5 Å². The van der Waals surface area contributed by atoms with E-state index < -0.39 is 5.60 Å². The van der Waals surface area contributed by atoms with Crippen LogP contribution >= 0.6 is 0 Å². The molecule has 0 amide bonds. The van der Waals surface area contributed by atoms with Crippen molar-refractivity contribution in [1.82, 2.24) is 0 Å². The van der Waals surface area contributed by atoms with Crippen LogP contribution in [0.25, 0.3) is 0 Å². The summed E-state index contributed by atoms with van der Waals surface area (Å²) < 4.78 is 0. The molecule has 0 aromatic carbocycles. The summed E-state index contributed by atoms with van der Waals surface area (Å²) >= 11 is 0. The molecule has 1 saturated carbocycles. The third-order valence-electron chi connectivity index (χ3n) is 3.60. The second kappa shape index (κ2) is 3.45. The van der Waals surface area contributed by atoms with Gasteiger partial charge in [0, 0.05) is 0 Å². The number of allylic oxidation sites excluding steroid dienone is 1. The first kappa shape index (κ1) is 10.8. The van der Waals surface area contributed by atoms with E-state index in [0.29, 0.717) is 5.92 Å². The molecule has 0 radical (unpaired) electrons. The molecule has 1 heteroatoms. The van der Waals surface area contributed by atoms with Crippen LogP contribution in [0.15, 0.2) is 12.7 Å². The molecular formula is C12H22O. The Morgan fingerprint density at radius 1 is 1.46 bits per heavy atom. The summed E-state index contributed by atoms with van der Waals surface area (Å²) in [6.45, 7) is 10.2. The predicted molar refractivity (Wildman–Crippen MR) is 56.6 cm³/mol. The SMILES string of the molecule is C=CC(C)(C)[C@H]1CCCC[C@]1(C)O. The molecule has 0 aromatic rings. The Bertz CT molecular complexity index is 191. The molecule has 1 aliphatic rings. The second-order valence-corrected chi connectivity index (χ2v) is 5.18. The number of hydrogen-bond acceptors (Lipinski definition) is 1. The molecule has 1 nitrogen and oxygen atoms in total. The van der Waals surface area contributed by atoms with Gasteiger partial charge < -0.3 is 5.11 Å². The Morgan fingerprint density at radius 3 is 2.54 bits per heavy atom. The highest BCUT2D eigenvalue weighted by Crippen LogP contribution is 2.44. The summed E-state index contributed by atoms with van der Waals surface area (Å²) in [4.78, 5) is 0. The van der Waals surface area contributed by atoms with Crippen molar-refractivity contribution in [2.75, 3.05) is 0 Å². The summed E-state index contributed by atoms with van der Waals surface area (Å²) in [5, 5.41) is 10.3. The molecule has 13 heavy (non-hydrogen) atoms. The molecule has 0 aromatic heterocycles. The lowest BCUT2D eigenvalue weighted by atomic mass is 9.64. The molecule has 2 atom stereocenters. The summed E-state index contributed by atoms with van der Waals surface area (Å²) in [6.07, 6.45) is 6.47. The zero-order chi connectivity index (χ0) is 10.1. The van der Waals surface area contributed by atoms with Gasteiger partial charge in [0.25, 0.3) is 0 Å². The zero-order valence-corrected chi connectivity index (χ0v) is 9.14. The molecule has 0 aliphatic heterocycles. The van der Waals surface area contributed by atoms with Gasteiger partial charge in [-0.1, -0.05) is 32.8 Å².